The standard InChI is InChI=1S/C26H28N6OS/c1-18(25(33)31-15-13-30(14-16-31)19-7-3-2-4-8-19)34-26-29-28-24(32(26)20-11-12-20)22-17-27-23-10-6-5-9-21(22)23/h2-10,17-18,20,27H,11-16H2,1H3/t18-/m1/s1. The summed E-state index contributed by atoms with van der Waals surface area (Å²) in [6.07, 6.45) is 4.28. The average Bonchev–Trinajstić information content (AvgIpc) is 3.51. The van der Waals surface area contributed by atoms with Crippen molar-refractivity contribution in [3.05, 3.63) is 60.8 Å². The van der Waals surface area contributed by atoms with Crippen LogP contribution in [0.2, 0.25) is 0 Å². The zero-order chi connectivity index (χ0) is 23.1. The topological polar surface area (TPSA) is 70.0 Å². The van der Waals surface area contributed by atoms with Gasteiger partial charge in [-0.15, -0.1) is 10.2 Å². The van der Waals surface area contributed by atoms with Crippen LogP contribution in [0, 0.1) is 0 Å². The maximum absolute atomic E-state index is 13.3. The highest BCUT2D eigenvalue weighted by molar-refractivity contribution is 8.00. The van der Waals surface area contributed by atoms with Gasteiger partial charge in [0.2, 0.25) is 5.91 Å². The van der Waals surface area contributed by atoms with Gasteiger partial charge in [-0.05, 0) is 38.0 Å². The molecule has 34 heavy (non-hydrogen) atoms. The van der Waals surface area contributed by atoms with E-state index in [0.717, 1.165) is 66.5 Å². The van der Waals surface area contributed by atoms with Gasteiger partial charge in [-0.3, -0.25) is 9.36 Å². The van der Waals surface area contributed by atoms with E-state index in [9.17, 15) is 4.79 Å². The number of aromatic nitrogens is 4. The predicted octanol–water partition coefficient (Wildman–Crippen LogP) is 4.59. The number of amides is 1. The van der Waals surface area contributed by atoms with E-state index in [1.807, 2.05) is 36.2 Å². The summed E-state index contributed by atoms with van der Waals surface area (Å²) in [5.74, 6) is 1.07. The lowest BCUT2D eigenvalue weighted by molar-refractivity contribution is -0.130. The number of aromatic amines is 1. The van der Waals surface area contributed by atoms with Gasteiger partial charge < -0.3 is 14.8 Å². The van der Waals surface area contributed by atoms with Crippen molar-refractivity contribution < 1.29 is 4.79 Å². The molecule has 1 N–H and O–H groups in total. The number of fused-ring (bicyclic) bond motifs is 1. The Hall–Kier alpha value is -3.26. The number of H-pyrrole nitrogens is 1. The molecule has 8 heteroatoms. The van der Waals surface area contributed by atoms with E-state index >= 15 is 0 Å². The average molecular weight is 473 g/mol. The molecule has 1 aliphatic carbocycles. The minimum absolute atomic E-state index is 0.178. The normalized spacial score (nSPS) is 17.3. The highest BCUT2D eigenvalue weighted by Gasteiger charge is 2.33. The number of piperazine rings is 1. The Morgan fingerprint density at radius 2 is 1.74 bits per heavy atom. The fourth-order valence-electron chi connectivity index (χ4n) is 4.75. The number of nitrogens with zero attached hydrogens (tertiary/aromatic N) is 5. The quantitative estimate of drug-likeness (QED) is 0.416. The summed E-state index contributed by atoms with van der Waals surface area (Å²) in [6.45, 7) is 5.20. The largest absolute Gasteiger partial charge is 0.368 e. The lowest BCUT2D eigenvalue weighted by Crippen LogP contribution is -2.50. The second kappa shape index (κ2) is 8.83. The smallest absolute Gasteiger partial charge is 0.236 e. The van der Waals surface area contributed by atoms with Gasteiger partial charge >= 0.3 is 0 Å². The van der Waals surface area contributed by atoms with Gasteiger partial charge in [-0.1, -0.05) is 48.2 Å². The Morgan fingerprint density at radius 3 is 2.50 bits per heavy atom. The van der Waals surface area contributed by atoms with Crippen LogP contribution in [-0.2, 0) is 4.79 Å². The molecule has 0 radical (unpaired) electrons. The molecule has 6 rings (SSSR count). The second-order valence-corrected chi connectivity index (χ2v) is 10.4. The first-order valence-electron chi connectivity index (χ1n) is 12.0. The molecule has 7 nitrogen and oxygen atoms in total. The number of para-hydroxylation sites is 2. The number of thioether (sulfide) groups is 1. The monoisotopic (exact) mass is 472 g/mol. The third-order valence-electron chi connectivity index (χ3n) is 6.75. The van der Waals surface area contributed by atoms with Crippen molar-refractivity contribution in [2.75, 3.05) is 31.1 Å². The van der Waals surface area contributed by atoms with Crippen LogP contribution in [-0.4, -0.2) is 62.0 Å². The van der Waals surface area contributed by atoms with E-state index in [0.29, 0.717) is 6.04 Å². The minimum Gasteiger partial charge on any atom is -0.368 e. The number of anilines is 1. The summed E-state index contributed by atoms with van der Waals surface area (Å²) in [5.41, 5.74) is 3.38. The fraction of sp³-hybridized carbons (Fsp3) is 0.346. The molecule has 2 aromatic heterocycles. The number of carbonyl (C=O) groups excluding carboxylic acids is 1. The third kappa shape index (κ3) is 3.96. The van der Waals surface area contributed by atoms with Crippen molar-refractivity contribution in [1.29, 1.82) is 0 Å². The summed E-state index contributed by atoms with van der Waals surface area (Å²) in [4.78, 5) is 21.0. The Morgan fingerprint density at radius 1 is 1.00 bits per heavy atom. The van der Waals surface area contributed by atoms with Crippen LogP contribution in [0.15, 0.2) is 66.0 Å². The Kier molecular flexibility index (Phi) is 5.53. The number of nitrogens with one attached hydrogen (secondary N) is 1. The number of benzene rings is 2. The van der Waals surface area contributed by atoms with Crippen molar-refractivity contribution in [3.63, 3.8) is 0 Å². The molecule has 2 aromatic carbocycles. The SMILES string of the molecule is C[C@@H](Sc1nnc(-c2c[nH]c3ccccc23)n1C1CC1)C(=O)N1CCN(c2ccccc2)CC1. The first-order valence-corrected chi connectivity index (χ1v) is 12.8. The van der Waals surface area contributed by atoms with Crippen LogP contribution in [0.1, 0.15) is 25.8 Å². The second-order valence-electron chi connectivity index (χ2n) is 9.06. The van der Waals surface area contributed by atoms with Crippen LogP contribution >= 0.6 is 11.8 Å². The molecule has 1 amide bonds. The van der Waals surface area contributed by atoms with Crippen LogP contribution in [0.5, 0.6) is 0 Å². The van der Waals surface area contributed by atoms with Crippen molar-refractivity contribution >= 4 is 34.3 Å². The summed E-state index contributed by atoms with van der Waals surface area (Å²) in [6, 6.07) is 19.1. The molecule has 0 spiro atoms. The summed E-state index contributed by atoms with van der Waals surface area (Å²) in [7, 11) is 0. The highest BCUT2D eigenvalue weighted by atomic mass is 32.2. The van der Waals surface area contributed by atoms with Crippen LogP contribution in [0.3, 0.4) is 0 Å². The number of hydrogen-bond donors (Lipinski definition) is 1. The van der Waals surface area contributed by atoms with E-state index in [4.69, 9.17) is 0 Å². The van der Waals surface area contributed by atoms with Gasteiger partial charge in [0.25, 0.3) is 0 Å². The van der Waals surface area contributed by atoms with E-state index in [1.165, 1.54) is 17.4 Å². The minimum atomic E-state index is -0.208. The molecular weight excluding hydrogens is 444 g/mol. The predicted molar refractivity (Wildman–Crippen MR) is 136 cm³/mol. The molecule has 174 valence electrons. The lowest BCUT2D eigenvalue weighted by atomic mass is 10.1. The van der Waals surface area contributed by atoms with E-state index in [1.54, 1.807) is 0 Å². The Labute approximate surface area is 203 Å². The third-order valence-corrected chi connectivity index (χ3v) is 7.79. The highest BCUT2D eigenvalue weighted by Crippen LogP contribution is 2.43. The van der Waals surface area contributed by atoms with Gasteiger partial charge in [0.15, 0.2) is 11.0 Å². The maximum atomic E-state index is 13.3. The molecule has 1 saturated heterocycles. The molecule has 0 bridgehead atoms. The van der Waals surface area contributed by atoms with E-state index in [2.05, 4.69) is 61.0 Å². The first kappa shape index (κ1) is 21.3. The Bertz CT molecular complexity index is 1300. The molecule has 0 unspecified atom stereocenters. The first-order chi connectivity index (χ1) is 16.7. The van der Waals surface area contributed by atoms with Crippen LogP contribution in [0.25, 0.3) is 22.3 Å². The number of hydrogen-bond acceptors (Lipinski definition) is 5. The molecule has 3 heterocycles. The van der Waals surface area contributed by atoms with Gasteiger partial charge in [-0.2, -0.15) is 0 Å². The zero-order valence-electron chi connectivity index (χ0n) is 19.2. The number of carbonyl (C=O) groups is 1. The Balaban J connectivity index is 1.17. The molecule has 2 aliphatic rings. The maximum Gasteiger partial charge on any atom is 0.236 e. The molecule has 1 saturated carbocycles. The fourth-order valence-corrected chi connectivity index (χ4v) is 5.75. The van der Waals surface area contributed by atoms with Crippen molar-refractivity contribution in [3.8, 4) is 11.4 Å². The molecule has 2 fully saturated rings. The summed E-state index contributed by atoms with van der Waals surface area (Å²) in [5, 5.41) is 10.9. The van der Waals surface area contributed by atoms with Crippen LogP contribution < -0.4 is 4.90 Å². The van der Waals surface area contributed by atoms with Gasteiger partial charge in [0, 0.05) is 60.6 Å². The van der Waals surface area contributed by atoms with Crippen molar-refractivity contribution in [2.45, 2.75) is 36.2 Å². The van der Waals surface area contributed by atoms with E-state index in [-0.39, 0.29) is 11.2 Å². The summed E-state index contributed by atoms with van der Waals surface area (Å²) < 4.78 is 2.25. The number of rotatable bonds is 6. The van der Waals surface area contributed by atoms with Crippen molar-refractivity contribution in [1.82, 2.24) is 24.6 Å². The van der Waals surface area contributed by atoms with Gasteiger partial charge in [-0.25, -0.2) is 0 Å². The van der Waals surface area contributed by atoms with Gasteiger partial charge in [0.05, 0.1) is 5.25 Å². The molecule has 1 aliphatic heterocycles. The molecule has 1 atom stereocenters. The lowest BCUT2D eigenvalue weighted by Gasteiger charge is -2.37. The van der Waals surface area contributed by atoms with Crippen LogP contribution in [0.4, 0.5) is 5.69 Å². The van der Waals surface area contributed by atoms with E-state index < -0.39 is 0 Å². The summed E-state index contributed by atoms with van der Waals surface area (Å²) >= 11 is 1.54. The zero-order valence-corrected chi connectivity index (χ0v) is 20.0. The van der Waals surface area contributed by atoms with Gasteiger partial charge in [0.1, 0.15) is 0 Å². The van der Waals surface area contributed by atoms with Crippen molar-refractivity contribution in [2.24, 2.45) is 0 Å². The molecular formula is C26H28N6OS. The molecule has 4 aromatic rings.